The number of methoxy groups -OCH3 is 1. The summed E-state index contributed by atoms with van der Waals surface area (Å²) in [5.41, 5.74) is 1.77. The number of hydrogen-bond acceptors (Lipinski definition) is 6. The normalized spacial score (nSPS) is 14.1. The van der Waals surface area contributed by atoms with E-state index in [0.29, 0.717) is 47.5 Å². The van der Waals surface area contributed by atoms with Crippen molar-refractivity contribution in [3.05, 3.63) is 89.9 Å². The number of piperidine rings is 1. The van der Waals surface area contributed by atoms with Gasteiger partial charge in [0.25, 0.3) is 5.91 Å². The first-order valence-electron chi connectivity index (χ1n) is 11.6. The molecule has 1 aliphatic rings. The van der Waals surface area contributed by atoms with Crippen LogP contribution in [0.3, 0.4) is 0 Å². The standard InChI is InChI=1S/C27H26N4O4/c1-34-27(33)24-15-20(26(32)30-12-8-22(9-13-30)31-11-5-10-29-31)14-21-17-28-25(16-23(21)24)35-18-19-6-3-2-4-7-19/h2-7,10-11,14-17,22H,8-9,12-13,18H2,1H3. The summed E-state index contributed by atoms with van der Waals surface area (Å²) in [4.78, 5) is 32.2. The number of benzene rings is 2. The number of hydrogen-bond donors (Lipinski definition) is 0. The van der Waals surface area contributed by atoms with E-state index in [-0.39, 0.29) is 11.9 Å². The number of fused-ring (bicyclic) bond motifs is 1. The molecule has 35 heavy (non-hydrogen) atoms. The fraction of sp³-hybridized carbons (Fsp3) is 0.259. The van der Waals surface area contributed by atoms with Gasteiger partial charge in [0.15, 0.2) is 0 Å². The van der Waals surface area contributed by atoms with Crippen molar-refractivity contribution in [2.75, 3.05) is 20.2 Å². The first kappa shape index (κ1) is 22.6. The zero-order valence-electron chi connectivity index (χ0n) is 19.5. The lowest BCUT2D eigenvalue weighted by molar-refractivity contribution is 0.0603. The quantitative estimate of drug-likeness (QED) is 0.391. The summed E-state index contributed by atoms with van der Waals surface area (Å²) in [5.74, 6) is -0.228. The molecule has 0 aliphatic carbocycles. The molecule has 3 heterocycles. The van der Waals surface area contributed by atoms with Crippen LogP contribution in [0.1, 0.15) is 45.2 Å². The number of rotatable bonds is 6. The first-order valence-corrected chi connectivity index (χ1v) is 11.6. The lowest BCUT2D eigenvalue weighted by Crippen LogP contribution is -2.39. The van der Waals surface area contributed by atoms with Gasteiger partial charge in [0.2, 0.25) is 5.88 Å². The van der Waals surface area contributed by atoms with Crippen molar-refractivity contribution in [2.24, 2.45) is 0 Å². The second-order valence-electron chi connectivity index (χ2n) is 8.54. The van der Waals surface area contributed by atoms with Crippen LogP contribution in [-0.4, -0.2) is 51.7 Å². The molecule has 1 amide bonds. The highest BCUT2D eigenvalue weighted by Gasteiger charge is 2.26. The van der Waals surface area contributed by atoms with Gasteiger partial charge in [-0.1, -0.05) is 30.3 Å². The molecule has 8 heteroatoms. The molecule has 0 N–H and O–H groups in total. The molecule has 0 atom stereocenters. The van der Waals surface area contributed by atoms with Crippen LogP contribution in [-0.2, 0) is 11.3 Å². The van der Waals surface area contributed by atoms with Gasteiger partial charge in [-0.2, -0.15) is 5.10 Å². The van der Waals surface area contributed by atoms with Crippen molar-refractivity contribution in [2.45, 2.75) is 25.5 Å². The molecule has 0 bridgehead atoms. The molecule has 178 valence electrons. The Labute approximate surface area is 203 Å². The van der Waals surface area contributed by atoms with E-state index >= 15 is 0 Å². The van der Waals surface area contributed by atoms with E-state index in [9.17, 15) is 9.59 Å². The smallest absolute Gasteiger partial charge is 0.338 e. The van der Waals surface area contributed by atoms with Crippen molar-refractivity contribution in [3.8, 4) is 5.88 Å². The minimum absolute atomic E-state index is 0.111. The van der Waals surface area contributed by atoms with Crippen LogP contribution >= 0.6 is 0 Å². The number of amides is 1. The average Bonchev–Trinajstić information content (AvgIpc) is 3.46. The summed E-state index contributed by atoms with van der Waals surface area (Å²) in [5, 5.41) is 5.63. The molecular weight excluding hydrogens is 444 g/mol. The summed E-state index contributed by atoms with van der Waals surface area (Å²) < 4.78 is 12.8. The third kappa shape index (κ3) is 4.87. The van der Waals surface area contributed by atoms with E-state index in [1.807, 2.05) is 52.2 Å². The van der Waals surface area contributed by atoms with Gasteiger partial charge in [-0.15, -0.1) is 0 Å². The lowest BCUT2D eigenvalue weighted by atomic mass is 10.00. The van der Waals surface area contributed by atoms with E-state index < -0.39 is 5.97 Å². The maximum Gasteiger partial charge on any atom is 0.338 e. The number of carbonyl (C=O) groups excluding carboxylic acids is 2. The Morgan fingerprint density at radius 3 is 2.57 bits per heavy atom. The fourth-order valence-corrected chi connectivity index (χ4v) is 4.46. The summed E-state index contributed by atoms with van der Waals surface area (Å²) in [7, 11) is 1.33. The van der Waals surface area contributed by atoms with Crippen LogP contribution in [0, 0.1) is 0 Å². The van der Waals surface area contributed by atoms with Gasteiger partial charge in [-0.25, -0.2) is 9.78 Å². The van der Waals surface area contributed by atoms with Crippen LogP contribution in [0.5, 0.6) is 5.88 Å². The van der Waals surface area contributed by atoms with E-state index in [1.54, 1.807) is 30.6 Å². The van der Waals surface area contributed by atoms with E-state index in [2.05, 4.69) is 10.1 Å². The first-order chi connectivity index (χ1) is 17.1. The molecule has 0 radical (unpaired) electrons. The number of carbonyl (C=O) groups is 2. The highest BCUT2D eigenvalue weighted by molar-refractivity contribution is 6.08. The number of nitrogens with zero attached hydrogens (tertiary/aromatic N) is 4. The molecular formula is C27H26N4O4. The van der Waals surface area contributed by atoms with Crippen molar-refractivity contribution < 1.29 is 19.1 Å². The molecule has 0 spiro atoms. The Balaban J connectivity index is 1.38. The van der Waals surface area contributed by atoms with Crippen molar-refractivity contribution in [1.29, 1.82) is 0 Å². The van der Waals surface area contributed by atoms with Crippen LogP contribution in [0.2, 0.25) is 0 Å². The summed E-state index contributed by atoms with van der Waals surface area (Å²) >= 11 is 0. The third-order valence-corrected chi connectivity index (χ3v) is 6.34. The second kappa shape index (κ2) is 9.97. The van der Waals surface area contributed by atoms with Gasteiger partial charge in [-0.3, -0.25) is 9.48 Å². The number of aromatic nitrogens is 3. The number of likely N-dealkylation sites (tertiary alicyclic amines) is 1. The van der Waals surface area contributed by atoms with Crippen LogP contribution < -0.4 is 4.74 Å². The molecule has 0 unspecified atom stereocenters. The summed E-state index contributed by atoms with van der Waals surface area (Å²) in [6.45, 7) is 1.61. The van der Waals surface area contributed by atoms with E-state index in [4.69, 9.17) is 9.47 Å². The largest absolute Gasteiger partial charge is 0.473 e. The SMILES string of the molecule is COC(=O)c1cc(C(=O)N2CCC(n3cccn3)CC2)cc2cnc(OCc3ccccc3)cc12. The Morgan fingerprint density at radius 2 is 1.86 bits per heavy atom. The lowest BCUT2D eigenvalue weighted by Gasteiger charge is -2.32. The highest BCUT2D eigenvalue weighted by Crippen LogP contribution is 2.28. The Hall–Kier alpha value is -4.20. The van der Waals surface area contributed by atoms with Crippen molar-refractivity contribution >= 4 is 22.6 Å². The molecule has 0 saturated carbocycles. The average molecular weight is 471 g/mol. The number of ether oxygens (including phenoxy) is 2. The monoisotopic (exact) mass is 470 g/mol. The molecule has 5 rings (SSSR count). The highest BCUT2D eigenvalue weighted by atomic mass is 16.5. The maximum absolute atomic E-state index is 13.3. The van der Waals surface area contributed by atoms with Crippen molar-refractivity contribution in [3.63, 3.8) is 0 Å². The molecule has 1 aliphatic heterocycles. The third-order valence-electron chi connectivity index (χ3n) is 6.34. The Kier molecular flexibility index (Phi) is 6.43. The zero-order valence-corrected chi connectivity index (χ0v) is 19.5. The number of pyridine rings is 1. The number of esters is 1. The fourth-order valence-electron chi connectivity index (χ4n) is 4.46. The van der Waals surface area contributed by atoms with Gasteiger partial charge in [0.1, 0.15) is 6.61 Å². The van der Waals surface area contributed by atoms with Crippen LogP contribution in [0.25, 0.3) is 10.8 Å². The molecule has 1 fully saturated rings. The van der Waals surface area contributed by atoms with Gasteiger partial charge < -0.3 is 14.4 Å². The molecule has 1 saturated heterocycles. The Bertz CT molecular complexity index is 1330. The zero-order chi connectivity index (χ0) is 24.2. The van der Waals surface area contributed by atoms with Crippen LogP contribution in [0.15, 0.2) is 73.2 Å². The van der Waals surface area contributed by atoms with E-state index in [0.717, 1.165) is 18.4 Å². The second-order valence-corrected chi connectivity index (χ2v) is 8.54. The van der Waals surface area contributed by atoms with Gasteiger partial charge in [0, 0.05) is 54.1 Å². The van der Waals surface area contributed by atoms with Gasteiger partial charge >= 0.3 is 5.97 Å². The minimum Gasteiger partial charge on any atom is -0.473 e. The van der Waals surface area contributed by atoms with E-state index in [1.165, 1.54) is 7.11 Å². The van der Waals surface area contributed by atoms with Gasteiger partial charge in [-0.05, 0) is 36.6 Å². The predicted molar refractivity (Wildman–Crippen MR) is 130 cm³/mol. The predicted octanol–water partition coefficient (Wildman–Crippen LogP) is 4.27. The molecule has 2 aromatic carbocycles. The topological polar surface area (TPSA) is 86.6 Å². The Morgan fingerprint density at radius 1 is 1.06 bits per heavy atom. The molecule has 8 nitrogen and oxygen atoms in total. The van der Waals surface area contributed by atoms with Gasteiger partial charge in [0.05, 0.1) is 18.7 Å². The summed E-state index contributed by atoms with van der Waals surface area (Å²) in [6.07, 6.45) is 7.01. The summed E-state index contributed by atoms with van der Waals surface area (Å²) in [6, 6.07) is 17.1. The minimum atomic E-state index is -0.512. The van der Waals surface area contributed by atoms with Crippen LogP contribution in [0.4, 0.5) is 0 Å². The molecule has 4 aromatic rings. The van der Waals surface area contributed by atoms with Crippen molar-refractivity contribution in [1.82, 2.24) is 19.7 Å². The maximum atomic E-state index is 13.3. The molecule has 2 aromatic heterocycles.